The first-order chi connectivity index (χ1) is 9.88. The molecule has 1 aromatic carbocycles. The molecule has 21 heavy (non-hydrogen) atoms. The third kappa shape index (κ3) is 3.45. The first kappa shape index (κ1) is 15.1. The number of carbonyl (C=O) groups is 1. The van der Waals surface area contributed by atoms with Crippen LogP contribution in [0.4, 0.5) is 15.8 Å². The summed E-state index contributed by atoms with van der Waals surface area (Å²) in [6, 6.07) is 5.74. The zero-order valence-corrected chi connectivity index (χ0v) is 11.7. The number of nitrogens with one attached hydrogen (secondary N) is 1. The molecule has 0 fully saturated rings. The molecule has 9 heteroatoms. The van der Waals surface area contributed by atoms with Gasteiger partial charge in [0, 0.05) is 11.8 Å². The highest BCUT2D eigenvalue weighted by Gasteiger charge is 2.17. The highest BCUT2D eigenvalue weighted by Crippen LogP contribution is 2.23. The van der Waals surface area contributed by atoms with E-state index in [4.69, 9.17) is 23.2 Å². The SMILES string of the molecule is O=C(Nc1ccc(F)c([N+](=O)[O-])c1)c1nc(Cl)ccc1Cl. The van der Waals surface area contributed by atoms with Crippen molar-refractivity contribution in [3.05, 3.63) is 62.1 Å². The van der Waals surface area contributed by atoms with Crippen LogP contribution < -0.4 is 5.32 Å². The number of carbonyl (C=O) groups excluding carboxylic acids is 1. The van der Waals surface area contributed by atoms with E-state index in [9.17, 15) is 19.3 Å². The van der Waals surface area contributed by atoms with E-state index < -0.39 is 22.3 Å². The minimum Gasteiger partial charge on any atom is -0.320 e. The second-order valence-electron chi connectivity index (χ2n) is 3.84. The van der Waals surface area contributed by atoms with Crippen molar-refractivity contribution < 1.29 is 14.1 Å². The second-order valence-corrected chi connectivity index (χ2v) is 4.64. The normalized spacial score (nSPS) is 10.2. The van der Waals surface area contributed by atoms with Crippen LogP contribution in [0.2, 0.25) is 10.2 Å². The van der Waals surface area contributed by atoms with Crippen LogP contribution in [0, 0.1) is 15.9 Å². The molecule has 1 N–H and O–H groups in total. The average Bonchev–Trinajstić information content (AvgIpc) is 2.43. The average molecular weight is 330 g/mol. The molecule has 0 atom stereocenters. The van der Waals surface area contributed by atoms with E-state index in [1.54, 1.807) is 0 Å². The van der Waals surface area contributed by atoms with Crippen molar-refractivity contribution in [2.45, 2.75) is 0 Å². The Morgan fingerprint density at radius 1 is 1.29 bits per heavy atom. The van der Waals surface area contributed by atoms with Crippen LogP contribution in [-0.4, -0.2) is 15.8 Å². The highest BCUT2D eigenvalue weighted by molar-refractivity contribution is 6.35. The molecule has 6 nitrogen and oxygen atoms in total. The number of pyridine rings is 1. The van der Waals surface area contributed by atoms with E-state index in [0.29, 0.717) is 0 Å². The van der Waals surface area contributed by atoms with E-state index in [1.807, 2.05) is 0 Å². The fraction of sp³-hybridized carbons (Fsp3) is 0. The van der Waals surface area contributed by atoms with Gasteiger partial charge in [0.25, 0.3) is 5.91 Å². The van der Waals surface area contributed by atoms with Crippen LogP contribution in [0.1, 0.15) is 10.5 Å². The van der Waals surface area contributed by atoms with E-state index in [1.165, 1.54) is 18.2 Å². The lowest BCUT2D eigenvalue weighted by molar-refractivity contribution is -0.387. The molecule has 1 aromatic heterocycles. The smallest absolute Gasteiger partial charge is 0.306 e. The lowest BCUT2D eigenvalue weighted by atomic mass is 10.2. The van der Waals surface area contributed by atoms with Crippen LogP contribution in [0.25, 0.3) is 0 Å². The number of halogens is 3. The standard InChI is InChI=1S/C12H6Cl2FN3O3/c13-7-2-4-10(14)17-11(7)12(19)16-6-1-3-8(15)9(5-6)18(20)21/h1-5H,(H,16,19). The minimum atomic E-state index is -1.00. The Hall–Kier alpha value is -2.25. The van der Waals surface area contributed by atoms with Crippen molar-refractivity contribution in [2.24, 2.45) is 0 Å². The van der Waals surface area contributed by atoms with Gasteiger partial charge in [-0.15, -0.1) is 0 Å². The summed E-state index contributed by atoms with van der Waals surface area (Å²) in [4.78, 5) is 25.5. The van der Waals surface area contributed by atoms with Gasteiger partial charge in [-0.3, -0.25) is 14.9 Å². The van der Waals surface area contributed by atoms with Crippen LogP contribution in [0.15, 0.2) is 30.3 Å². The summed E-state index contributed by atoms with van der Waals surface area (Å²) >= 11 is 11.5. The predicted molar refractivity (Wildman–Crippen MR) is 75.3 cm³/mol. The van der Waals surface area contributed by atoms with Crippen LogP contribution >= 0.6 is 23.2 Å². The molecule has 1 amide bonds. The maximum atomic E-state index is 13.2. The third-order valence-corrected chi connectivity index (χ3v) is 2.94. The molecule has 0 aliphatic carbocycles. The number of nitro benzene ring substituents is 1. The van der Waals surface area contributed by atoms with Gasteiger partial charge in [-0.2, -0.15) is 4.39 Å². The molecule has 0 aliphatic rings. The molecule has 0 spiro atoms. The molecule has 0 aliphatic heterocycles. The van der Waals surface area contributed by atoms with Crippen LogP contribution in [0.3, 0.4) is 0 Å². The molecule has 2 aromatic rings. The van der Waals surface area contributed by atoms with Crippen LogP contribution in [-0.2, 0) is 0 Å². The van der Waals surface area contributed by atoms with Gasteiger partial charge in [0.05, 0.1) is 9.95 Å². The summed E-state index contributed by atoms with van der Waals surface area (Å²) in [5, 5.41) is 13.1. The van der Waals surface area contributed by atoms with Gasteiger partial charge in [-0.05, 0) is 24.3 Å². The van der Waals surface area contributed by atoms with Crippen molar-refractivity contribution in [3.63, 3.8) is 0 Å². The Kier molecular flexibility index (Phi) is 4.35. The Balaban J connectivity index is 2.29. The number of hydrogen-bond acceptors (Lipinski definition) is 4. The summed E-state index contributed by atoms with van der Waals surface area (Å²) in [5.41, 5.74) is -0.861. The first-order valence-electron chi connectivity index (χ1n) is 5.46. The van der Waals surface area contributed by atoms with Crippen molar-refractivity contribution in [1.82, 2.24) is 4.98 Å². The summed E-state index contributed by atoms with van der Waals surface area (Å²) in [6.07, 6.45) is 0. The summed E-state index contributed by atoms with van der Waals surface area (Å²) in [6.45, 7) is 0. The van der Waals surface area contributed by atoms with Gasteiger partial charge in [0.15, 0.2) is 0 Å². The maximum Gasteiger partial charge on any atom is 0.306 e. The molecule has 1 heterocycles. The largest absolute Gasteiger partial charge is 0.320 e. The third-order valence-electron chi connectivity index (χ3n) is 2.43. The van der Waals surface area contributed by atoms with Gasteiger partial charge in [-0.25, -0.2) is 4.98 Å². The molecule has 0 saturated heterocycles. The number of rotatable bonds is 3. The second kappa shape index (κ2) is 6.02. The monoisotopic (exact) mass is 329 g/mol. The fourth-order valence-corrected chi connectivity index (χ4v) is 1.84. The molecule has 0 unspecified atom stereocenters. The molecule has 108 valence electrons. The summed E-state index contributed by atoms with van der Waals surface area (Å²) < 4.78 is 13.2. The number of nitrogens with zero attached hydrogens (tertiary/aromatic N) is 2. The molecule has 2 rings (SSSR count). The summed E-state index contributed by atoms with van der Waals surface area (Å²) in [7, 11) is 0. The van der Waals surface area contributed by atoms with Crippen molar-refractivity contribution in [1.29, 1.82) is 0 Å². The number of aromatic nitrogens is 1. The number of amides is 1. The predicted octanol–water partition coefficient (Wildman–Crippen LogP) is 3.69. The first-order valence-corrected chi connectivity index (χ1v) is 6.21. The highest BCUT2D eigenvalue weighted by atomic mass is 35.5. The molecule has 0 saturated carbocycles. The molecule has 0 radical (unpaired) electrons. The van der Waals surface area contributed by atoms with E-state index in [-0.39, 0.29) is 21.6 Å². The lowest BCUT2D eigenvalue weighted by Gasteiger charge is -2.06. The van der Waals surface area contributed by atoms with Gasteiger partial charge in [-0.1, -0.05) is 23.2 Å². The molecular weight excluding hydrogens is 324 g/mol. The van der Waals surface area contributed by atoms with Gasteiger partial charge in [0.2, 0.25) is 5.82 Å². The van der Waals surface area contributed by atoms with E-state index >= 15 is 0 Å². The van der Waals surface area contributed by atoms with E-state index in [2.05, 4.69) is 10.3 Å². The Labute approximate surface area is 127 Å². The fourth-order valence-electron chi connectivity index (χ4n) is 1.50. The number of benzene rings is 1. The molecular formula is C12H6Cl2FN3O3. The minimum absolute atomic E-state index is 0.0333. The Morgan fingerprint density at radius 3 is 2.67 bits per heavy atom. The van der Waals surface area contributed by atoms with Crippen molar-refractivity contribution in [3.8, 4) is 0 Å². The van der Waals surface area contributed by atoms with Crippen molar-refractivity contribution in [2.75, 3.05) is 5.32 Å². The Bertz CT molecular complexity index is 740. The lowest BCUT2D eigenvalue weighted by Crippen LogP contribution is -2.14. The van der Waals surface area contributed by atoms with Gasteiger partial charge >= 0.3 is 5.69 Å². The maximum absolute atomic E-state index is 13.2. The number of nitro groups is 1. The van der Waals surface area contributed by atoms with Gasteiger partial charge in [0.1, 0.15) is 10.8 Å². The summed E-state index contributed by atoms with van der Waals surface area (Å²) in [5.74, 6) is -1.72. The zero-order valence-electron chi connectivity index (χ0n) is 10.1. The topological polar surface area (TPSA) is 85.1 Å². The number of anilines is 1. The molecule has 0 bridgehead atoms. The zero-order chi connectivity index (χ0) is 15.6. The Morgan fingerprint density at radius 2 is 2.00 bits per heavy atom. The van der Waals surface area contributed by atoms with Crippen LogP contribution in [0.5, 0.6) is 0 Å². The van der Waals surface area contributed by atoms with Gasteiger partial charge < -0.3 is 5.32 Å². The quantitative estimate of drug-likeness (QED) is 0.528. The number of hydrogen-bond donors (Lipinski definition) is 1. The van der Waals surface area contributed by atoms with E-state index in [0.717, 1.165) is 12.1 Å². The van der Waals surface area contributed by atoms with Crippen molar-refractivity contribution >= 4 is 40.5 Å².